The summed E-state index contributed by atoms with van der Waals surface area (Å²) in [6, 6.07) is 1.27. The summed E-state index contributed by atoms with van der Waals surface area (Å²) < 4.78 is 36.9. The maximum Gasteiger partial charge on any atom is 0.405 e. The van der Waals surface area contributed by atoms with E-state index in [1.54, 1.807) is 10.9 Å². The fourth-order valence-electron chi connectivity index (χ4n) is 1.19. The van der Waals surface area contributed by atoms with Crippen molar-refractivity contribution in [2.45, 2.75) is 12.7 Å². The average Bonchev–Trinajstić information content (AvgIpc) is 2.64. The van der Waals surface area contributed by atoms with E-state index < -0.39 is 12.1 Å². The zero-order chi connectivity index (χ0) is 12.2. The molecule has 3 nitrogen and oxygen atoms in total. The van der Waals surface area contributed by atoms with Crippen LogP contribution in [0.25, 0.3) is 0 Å². The maximum atomic E-state index is 12.3. The van der Waals surface area contributed by atoms with E-state index in [1.807, 2.05) is 0 Å². The summed E-state index contributed by atoms with van der Waals surface area (Å²) in [5.74, 6) is -1.95. The van der Waals surface area contributed by atoms with Crippen molar-refractivity contribution in [2.75, 3.05) is 13.6 Å². The lowest BCUT2D eigenvalue weighted by Gasteiger charge is -2.20. The van der Waals surface area contributed by atoms with Gasteiger partial charge in [-0.3, -0.25) is 4.90 Å². The predicted molar refractivity (Wildman–Crippen MR) is 53.6 cm³/mol. The first-order valence-electron chi connectivity index (χ1n) is 4.45. The Bertz CT molecular complexity index is 355. The highest BCUT2D eigenvalue weighted by molar-refractivity contribution is 7.07. The summed E-state index contributed by atoms with van der Waals surface area (Å²) in [4.78, 5) is 5.41. The highest BCUT2D eigenvalue weighted by Gasteiger charge is 2.40. The normalized spacial score (nSPS) is 13.8. The van der Waals surface area contributed by atoms with Gasteiger partial charge >= 0.3 is 6.18 Å². The Labute approximate surface area is 95.1 Å². The highest BCUT2D eigenvalue weighted by Crippen LogP contribution is 2.26. The van der Waals surface area contributed by atoms with Crippen molar-refractivity contribution in [1.29, 1.82) is 5.26 Å². The molecule has 0 aliphatic heterocycles. The minimum atomic E-state index is -4.47. The van der Waals surface area contributed by atoms with Crippen molar-refractivity contribution >= 4 is 11.3 Å². The third-order valence-electron chi connectivity index (χ3n) is 1.96. The topological polar surface area (TPSA) is 39.9 Å². The molecule has 0 fully saturated rings. The van der Waals surface area contributed by atoms with E-state index in [1.165, 1.54) is 29.4 Å². The number of halogens is 3. The molecule has 1 heterocycles. The van der Waals surface area contributed by atoms with Crippen LogP contribution in [-0.2, 0) is 6.54 Å². The number of thiazole rings is 1. The first kappa shape index (κ1) is 12.9. The molecule has 0 amide bonds. The van der Waals surface area contributed by atoms with Crippen molar-refractivity contribution in [2.24, 2.45) is 5.92 Å². The average molecular weight is 249 g/mol. The summed E-state index contributed by atoms with van der Waals surface area (Å²) in [5.41, 5.74) is 2.33. The number of hydrogen-bond donors (Lipinski definition) is 0. The smallest absolute Gasteiger partial charge is 0.299 e. The van der Waals surface area contributed by atoms with Gasteiger partial charge in [0.15, 0.2) is 5.92 Å². The molecular weight excluding hydrogens is 239 g/mol. The van der Waals surface area contributed by atoms with Gasteiger partial charge in [-0.2, -0.15) is 18.4 Å². The van der Waals surface area contributed by atoms with Crippen molar-refractivity contribution < 1.29 is 13.2 Å². The van der Waals surface area contributed by atoms with Crippen LogP contribution in [0.3, 0.4) is 0 Å². The lowest BCUT2D eigenvalue weighted by molar-refractivity contribution is -0.162. The van der Waals surface area contributed by atoms with Crippen molar-refractivity contribution in [3.05, 3.63) is 16.6 Å². The van der Waals surface area contributed by atoms with Crippen LogP contribution in [0.4, 0.5) is 13.2 Å². The molecule has 1 atom stereocenters. The van der Waals surface area contributed by atoms with E-state index in [9.17, 15) is 13.2 Å². The van der Waals surface area contributed by atoms with E-state index in [0.717, 1.165) is 0 Å². The molecule has 0 aliphatic carbocycles. The summed E-state index contributed by atoms with van der Waals surface area (Å²) in [6.45, 7) is -0.0186. The molecule has 0 bridgehead atoms. The number of alkyl halides is 3. The molecule has 7 heteroatoms. The standard InChI is InChI=1S/C9H10F3N3S/c1-15(4-8-5-16-6-14-8)3-7(2-13)9(10,11)12/h5-7H,3-4H2,1H3. The van der Waals surface area contributed by atoms with Gasteiger partial charge in [0.1, 0.15) is 0 Å². The molecule has 1 rings (SSSR count). The predicted octanol–water partition coefficient (Wildman–Crippen LogP) is 2.28. The van der Waals surface area contributed by atoms with E-state index in [-0.39, 0.29) is 6.54 Å². The van der Waals surface area contributed by atoms with E-state index in [4.69, 9.17) is 5.26 Å². The van der Waals surface area contributed by atoms with Crippen LogP contribution in [0.15, 0.2) is 10.9 Å². The number of rotatable bonds is 4. The highest BCUT2D eigenvalue weighted by atomic mass is 32.1. The second-order valence-corrected chi connectivity index (χ2v) is 4.12. The molecule has 16 heavy (non-hydrogen) atoms. The monoisotopic (exact) mass is 249 g/mol. The van der Waals surface area contributed by atoms with Gasteiger partial charge in [-0.25, -0.2) is 4.98 Å². The first-order chi connectivity index (χ1) is 7.43. The number of hydrogen-bond acceptors (Lipinski definition) is 4. The SMILES string of the molecule is CN(Cc1cscn1)CC(C#N)C(F)(F)F. The Kier molecular flexibility index (Phi) is 4.26. The maximum absolute atomic E-state index is 12.3. The van der Waals surface area contributed by atoms with Crippen LogP contribution in [0, 0.1) is 17.2 Å². The molecule has 0 spiro atoms. The molecule has 1 aromatic heterocycles. The second kappa shape index (κ2) is 5.27. The minimum Gasteiger partial charge on any atom is -0.299 e. The van der Waals surface area contributed by atoms with Gasteiger partial charge < -0.3 is 0 Å². The molecule has 88 valence electrons. The van der Waals surface area contributed by atoms with Crippen molar-refractivity contribution in [1.82, 2.24) is 9.88 Å². The van der Waals surface area contributed by atoms with Gasteiger partial charge in [0.05, 0.1) is 17.3 Å². The molecule has 0 saturated carbocycles. The summed E-state index contributed by atoms with van der Waals surface area (Å²) >= 11 is 1.39. The molecule has 0 aliphatic rings. The van der Waals surface area contributed by atoms with Crippen molar-refractivity contribution in [3.8, 4) is 6.07 Å². The molecule has 0 N–H and O–H groups in total. The zero-order valence-corrected chi connectivity index (χ0v) is 9.35. The number of aromatic nitrogens is 1. The summed E-state index contributed by atoms with van der Waals surface area (Å²) in [7, 11) is 1.54. The summed E-state index contributed by atoms with van der Waals surface area (Å²) in [5, 5.41) is 10.2. The Morgan fingerprint density at radius 3 is 2.75 bits per heavy atom. The Morgan fingerprint density at radius 1 is 1.62 bits per heavy atom. The Balaban J connectivity index is 2.51. The lowest BCUT2D eigenvalue weighted by Crippen LogP contribution is -2.33. The van der Waals surface area contributed by atoms with Gasteiger partial charge in [-0.1, -0.05) is 0 Å². The number of nitrogens with zero attached hydrogens (tertiary/aromatic N) is 3. The molecule has 0 radical (unpaired) electrons. The van der Waals surface area contributed by atoms with Crippen LogP contribution in [0.2, 0.25) is 0 Å². The molecule has 0 saturated heterocycles. The Morgan fingerprint density at radius 2 is 2.31 bits per heavy atom. The van der Waals surface area contributed by atoms with Crippen LogP contribution in [0.1, 0.15) is 5.69 Å². The summed E-state index contributed by atoms with van der Waals surface area (Å²) in [6.07, 6.45) is -4.47. The van der Waals surface area contributed by atoms with E-state index in [0.29, 0.717) is 12.2 Å². The largest absolute Gasteiger partial charge is 0.405 e. The van der Waals surface area contributed by atoms with Crippen LogP contribution < -0.4 is 0 Å². The van der Waals surface area contributed by atoms with Gasteiger partial charge in [0.25, 0.3) is 0 Å². The third-order valence-corrected chi connectivity index (χ3v) is 2.60. The molecule has 1 aromatic rings. The fourth-order valence-corrected chi connectivity index (χ4v) is 1.74. The second-order valence-electron chi connectivity index (χ2n) is 3.40. The fraction of sp³-hybridized carbons (Fsp3) is 0.556. The molecule has 1 unspecified atom stereocenters. The first-order valence-corrected chi connectivity index (χ1v) is 5.39. The van der Waals surface area contributed by atoms with E-state index in [2.05, 4.69) is 4.98 Å². The van der Waals surface area contributed by atoms with Gasteiger partial charge in [-0.05, 0) is 7.05 Å². The van der Waals surface area contributed by atoms with Crippen molar-refractivity contribution in [3.63, 3.8) is 0 Å². The van der Waals surface area contributed by atoms with Gasteiger partial charge in [-0.15, -0.1) is 11.3 Å². The Hall–Kier alpha value is -1.13. The van der Waals surface area contributed by atoms with E-state index >= 15 is 0 Å². The lowest BCUT2D eigenvalue weighted by atomic mass is 10.1. The van der Waals surface area contributed by atoms with Crippen LogP contribution in [0.5, 0.6) is 0 Å². The molecular formula is C9H10F3N3S. The van der Waals surface area contributed by atoms with Crippen LogP contribution >= 0.6 is 11.3 Å². The van der Waals surface area contributed by atoms with Gasteiger partial charge in [0.2, 0.25) is 0 Å². The zero-order valence-electron chi connectivity index (χ0n) is 8.53. The van der Waals surface area contributed by atoms with Gasteiger partial charge in [0, 0.05) is 18.5 Å². The third kappa shape index (κ3) is 3.79. The quantitative estimate of drug-likeness (QED) is 0.821. The van der Waals surface area contributed by atoms with Crippen LogP contribution in [-0.4, -0.2) is 29.7 Å². The molecule has 0 aromatic carbocycles. The number of nitriles is 1. The minimum absolute atomic E-state index is 0.317.